The Labute approximate surface area is 88.6 Å². The summed E-state index contributed by atoms with van der Waals surface area (Å²) in [5, 5.41) is 28.4. The molecule has 0 saturated carbocycles. The van der Waals surface area contributed by atoms with Gasteiger partial charge < -0.3 is 24.8 Å². The van der Waals surface area contributed by atoms with E-state index in [2.05, 4.69) is 0 Å². The second-order valence-electron chi connectivity index (χ2n) is 4.92. The lowest BCUT2D eigenvalue weighted by Gasteiger charge is -2.38. The number of hydrogen-bond acceptors (Lipinski definition) is 5. The zero-order valence-electron chi connectivity index (χ0n) is 8.96. The van der Waals surface area contributed by atoms with Gasteiger partial charge in [0.2, 0.25) is 0 Å². The molecule has 2 fully saturated rings. The molecule has 2 aliphatic heterocycles. The molecular formula is C10H18O5. The summed E-state index contributed by atoms with van der Waals surface area (Å²) in [4.78, 5) is 0. The van der Waals surface area contributed by atoms with Crippen molar-refractivity contribution in [1.29, 1.82) is 0 Å². The first-order valence-corrected chi connectivity index (χ1v) is 5.25. The normalized spacial score (nSPS) is 49.0. The van der Waals surface area contributed by atoms with Gasteiger partial charge in [-0.2, -0.15) is 0 Å². The van der Waals surface area contributed by atoms with Crippen molar-refractivity contribution in [3.63, 3.8) is 0 Å². The van der Waals surface area contributed by atoms with E-state index in [0.29, 0.717) is 6.42 Å². The Kier molecular flexibility index (Phi) is 2.77. The van der Waals surface area contributed by atoms with E-state index in [9.17, 15) is 10.2 Å². The van der Waals surface area contributed by atoms with Crippen LogP contribution in [0.25, 0.3) is 0 Å². The summed E-state index contributed by atoms with van der Waals surface area (Å²) in [5.41, 5.74) is -0.347. The third kappa shape index (κ3) is 1.90. The Hall–Kier alpha value is -0.200. The maximum absolute atomic E-state index is 9.82. The molecule has 2 heterocycles. The lowest BCUT2D eigenvalue weighted by molar-refractivity contribution is -0.221. The van der Waals surface area contributed by atoms with Crippen LogP contribution in [0.4, 0.5) is 0 Å². The standard InChI is InChI=1S/C10H18O5/c1-10(2)3-5-9(15-10)8(13)7(12)6(4-11)14-5/h5-9,11-13H,3-4H2,1-2H3. The molecule has 5 unspecified atom stereocenters. The van der Waals surface area contributed by atoms with Crippen LogP contribution in [-0.2, 0) is 9.47 Å². The van der Waals surface area contributed by atoms with Gasteiger partial charge in [-0.1, -0.05) is 0 Å². The molecule has 5 nitrogen and oxygen atoms in total. The van der Waals surface area contributed by atoms with E-state index >= 15 is 0 Å². The molecule has 0 bridgehead atoms. The van der Waals surface area contributed by atoms with E-state index in [1.807, 2.05) is 13.8 Å². The molecule has 5 atom stereocenters. The van der Waals surface area contributed by atoms with Crippen LogP contribution in [0.2, 0.25) is 0 Å². The summed E-state index contributed by atoms with van der Waals surface area (Å²) in [6.07, 6.45) is -2.84. The van der Waals surface area contributed by atoms with Gasteiger partial charge in [-0.3, -0.25) is 0 Å². The average Bonchev–Trinajstić information content (AvgIpc) is 2.47. The molecule has 0 aromatic heterocycles. The van der Waals surface area contributed by atoms with Gasteiger partial charge in [-0.25, -0.2) is 0 Å². The monoisotopic (exact) mass is 218 g/mol. The zero-order chi connectivity index (χ0) is 11.2. The smallest absolute Gasteiger partial charge is 0.113 e. The van der Waals surface area contributed by atoms with Gasteiger partial charge in [0.25, 0.3) is 0 Å². The molecular weight excluding hydrogens is 200 g/mol. The Morgan fingerprint density at radius 1 is 1.27 bits per heavy atom. The number of rotatable bonds is 1. The SMILES string of the molecule is CC1(C)CC2OC(CO)C(O)C(O)C2O1. The largest absolute Gasteiger partial charge is 0.394 e. The first kappa shape index (κ1) is 11.3. The Morgan fingerprint density at radius 2 is 1.93 bits per heavy atom. The molecule has 0 aliphatic carbocycles. The molecule has 0 radical (unpaired) electrons. The van der Waals surface area contributed by atoms with Gasteiger partial charge >= 0.3 is 0 Å². The second-order valence-corrected chi connectivity index (χ2v) is 4.92. The number of aliphatic hydroxyl groups is 3. The average molecular weight is 218 g/mol. The maximum atomic E-state index is 9.82. The highest BCUT2D eigenvalue weighted by molar-refractivity contribution is 5.00. The minimum absolute atomic E-state index is 0.240. The molecule has 15 heavy (non-hydrogen) atoms. The lowest BCUT2D eigenvalue weighted by atomic mass is 9.93. The van der Waals surface area contributed by atoms with Crippen LogP contribution < -0.4 is 0 Å². The third-order valence-corrected chi connectivity index (χ3v) is 3.11. The quantitative estimate of drug-likeness (QED) is 0.528. The summed E-state index contributed by atoms with van der Waals surface area (Å²) >= 11 is 0. The fourth-order valence-electron chi connectivity index (χ4n) is 2.38. The van der Waals surface area contributed by atoms with Crippen LogP contribution in [-0.4, -0.2) is 58.0 Å². The molecule has 2 rings (SSSR count). The fourth-order valence-corrected chi connectivity index (χ4v) is 2.38. The van der Waals surface area contributed by atoms with Gasteiger partial charge in [0.15, 0.2) is 0 Å². The molecule has 88 valence electrons. The van der Waals surface area contributed by atoms with Crippen molar-refractivity contribution in [2.75, 3.05) is 6.61 Å². The molecule has 2 saturated heterocycles. The fraction of sp³-hybridized carbons (Fsp3) is 1.00. The van der Waals surface area contributed by atoms with E-state index in [1.54, 1.807) is 0 Å². The Balaban J connectivity index is 2.13. The van der Waals surface area contributed by atoms with E-state index < -0.39 is 24.4 Å². The van der Waals surface area contributed by atoms with Crippen molar-refractivity contribution < 1.29 is 24.8 Å². The van der Waals surface area contributed by atoms with E-state index in [-0.39, 0.29) is 18.3 Å². The Morgan fingerprint density at radius 3 is 2.53 bits per heavy atom. The summed E-state index contributed by atoms with van der Waals surface area (Å²) in [7, 11) is 0. The van der Waals surface area contributed by atoms with Crippen LogP contribution >= 0.6 is 0 Å². The summed E-state index contributed by atoms with van der Waals surface area (Å²) < 4.78 is 11.1. The molecule has 0 amide bonds. The van der Waals surface area contributed by atoms with Crippen LogP contribution in [0.3, 0.4) is 0 Å². The highest BCUT2D eigenvalue weighted by Gasteiger charge is 2.52. The summed E-state index contributed by atoms with van der Waals surface area (Å²) in [6, 6.07) is 0. The van der Waals surface area contributed by atoms with Gasteiger partial charge in [-0.15, -0.1) is 0 Å². The van der Waals surface area contributed by atoms with E-state index in [1.165, 1.54) is 0 Å². The van der Waals surface area contributed by atoms with Crippen molar-refractivity contribution in [3.8, 4) is 0 Å². The molecule has 0 aromatic rings. The van der Waals surface area contributed by atoms with Crippen LogP contribution in [0, 0.1) is 0 Å². The van der Waals surface area contributed by atoms with Crippen molar-refractivity contribution in [2.24, 2.45) is 0 Å². The van der Waals surface area contributed by atoms with Crippen LogP contribution in [0.1, 0.15) is 20.3 Å². The minimum Gasteiger partial charge on any atom is -0.394 e. The maximum Gasteiger partial charge on any atom is 0.113 e. The minimum atomic E-state index is -1.08. The molecule has 2 aliphatic rings. The highest BCUT2D eigenvalue weighted by Crippen LogP contribution is 2.38. The number of fused-ring (bicyclic) bond motifs is 1. The Bertz CT molecular complexity index is 242. The first-order valence-electron chi connectivity index (χ1n) is 5.25. The van der Waals surface area contributed by atoms with Gasteiger partial charge in [0.1, 0.15) is 24.4 Å². The molecule has 0 aromatic carbocycles. The summed E-state index contributed by atoms with van der Waals surface area (Å²) in [5.74, 6) is 0. The van der Waals surface area contributed by atoms with Gasteiger partial charge in [0, 0.05) is 6.42 Å². The van der Waals surface area contributed by atoms with E-state index in [0.717, 1.165) is 0 Å². The van der Waals surface area contributed by atoms with E-state index in [4.69, 9.17) is 14.6 Å². The van der Waals surface area contributed by atoms with Crippen molar-refractivity contribution >= 4 is 0 Å². The molecule has 3 N–H and O–H groups in total. The lowest BCUT2D eigenvalue weighted by Crippen LogP contribution is -2.57. The highest BCUT2D eigenvalue weighted by atomic mass is 16.6. The van der Waals surface area contributed by atoms with Crippen LogP contribution in [0.15, 0.2) is 0 Å². The predicted molar refractivity (Wildman–Crippen MR) is 51.3 cm³/mol. The third-order valence-electron chi connectivity index (χ3n) is 3.11. The van der Waals surface area contributed by atoms with Crippen LogP contribution in [0.5, 0.6) is 0 Å². The number of ether oxygens (including phenoxy) is 2. The second kappa shape index (κ2) is 3.68. The summed E-state index contributed by atoms with van der Waals surface area (Å²) in [6.45, 7) is 3.55. The van der Waals surface area contributed by atoms with Crippen molar-refractivity contribution in [3.05, 3.63) is 0 Å². The molecule has 0 spiro atoms. The number of hydrogen-bond donors (Lipinski definition) is 3. The van der Waals surface area contributed by atoms with Gasteiger partial charge in [0.05, 0.1) is 18.3 Å². The predicted octanol–water partition coefficient (Wildman–Crippen LogP) is -0.965. The first-order chi connectivity index (χ1) is 6.94. The van der Waals surface area contributed by atoms with Crippen molar-refractivity contribution in [2.45, 2.75) is 56.4 Å². The zero-order valence-corrected chi connectivity index (χ0v) is 8.96. The van der Waals surface area contributed by atoms with Crippen molar-refractivity contribution in [1.82, 2.24) is 0 Å². The topological polar surface area (TPSA) is 79.2 Å². The number of aliphatic hydroxyl groups excluding tert-OH is 3. The van der Waals surface area contributed by atoms with Gasteiger partial charge in [-0.05, 0) is 13.8 Å². The molecule has 5 heteroatoms.